The van der Waals surface area contributed by atoms with E-state index in [1.807, 2.05) is 13.8 Å². The van der Waals surface area contributed by atoms with Crippen molar-refractivity contribution in [1.82, 2.24) is 4.31 Å². The number of nitrogens with zero attached hydrogens (tertiary/aromatic N) is 1. The first kappa shape index (κ1) is 15.3. The van der Waals surface area contributed by atoms with Crippen LogP contribution in [0.2, 0.25) is 5.02 Å². The number of hydrogen-bond acceptors (Lipinski definition) is 3. The first-order valence-electron chi connectivity index (χ1n) is 6.28. The largest absolute Gasteiger partial charge is 0.478 e. The average Bonchev–Trinajstić information content (AvgIpc) is 2.68. The molecule has 1 N–H and O–H groups in total. The van der Waals surface area contributed by atoms with E-state index < -0.39 is 16.0 Å². The van der Waals surface area contributed by atoms with Crippen molar-refractivity contribution in [3.63, 3.8) is 0 Å². The Labute approximate surface area is 123 Å². The van der Waals surface area contributed by atoms with Crippen LogP contribution in [0, 0.1) is 5.92 Å². The second-order valence-electron chi connectivity index (χ2n) is 5.21. The van der Waals surface area contributed by atoms with Crippen LogP contribution in [0.1, 0.15) is 30.6 Å². The molecule has 1 saturated heterocycles. The molecule has 20 heavy (non-hydrogen) atoms. The van der Waals surface area contributed by atoms with Crippen molar-refractivity contribution in [3.8, 4) is 0 Å². The smallest absolute Gasteiger partial charge is 0.337 e. The van der Waals surface area contributed by atoms with E-state index in [9.17, 15) is 13.2 Å². The van der Waals surface area contributed by atoms with Crippen molar-refractivity contribution in [2.45, 2.75) is 31.2 Å². The summed E-state index contributed by atoms with van der Waals surface area (Å²) in [6, 6.07) is 3.66. The standard InChI is InChI=1S/C13H16ClNO4S/c1-8-5-9(2)15(7-8)20(18,19)10-3-4-11(13(16)17)12(14)6-10/h3-4,6,8-9H,5,7H2,1-2H3,(H,16,17). The molecule has 0 spiro atoms. The second kappa shape index (κ2) is 5.35. The number of rotatable bonds is 3. The number of hydrogen-bond donors (Lipinski definition) is 1. The fourth-order valence-corrected chi connectivity index (χ4v) is 4.68. The van der Waals surface area contributed by atoms with Crippen LogP contribution in [0.3, 0.4) is 0 Å². The number of halogens is 1. The molecule has 1 fully saturated rings. The molecule has 7 heteroatoms. The summed E-state index contributed by atoms with van der Waals surface area (Å²) in [5, 5.41) is 8.83. The minimum Gasteiger partial charge on any atom is -0.478 e. The van der Waals surface area contributed by atoms with Gasteiger partial charge >= 0.3 is 5.97 Å². The third-order valence-electron chi connectivity index (χ3n) is 3.50. The summed E-state index contributed by atoms with van der Waals surface area (Å²) in [5.74, 6) is -0.865. The van der Waals surface area contributed by atoms with Crippen molar-refractivity contribution in [1.29, 1.82) is 0 Å². The third kappa shape index (κ3) is 2.68. The van der Waals surface area contributed by atoms with Gasteiger partial charge in [0.15, 0.2) is 0 Å². The molecule has 0 bridgehead atoms. The summed E-state index contributed by atoms with van der Waals surface area (Å²) in [5.41, 5.74) is -0.103. The Morgan fingerprint density at radius 1 is 1.40 bits per heavy atom. The molecule has 0 aliphatic carbocycles. The molecule has 1 aromatic carbocycles. The summed E-state index contributed by atoms with van der Waals surface area (Å²) in [7, 11) is -3.63. The van der Waals surface area contributed by atoms with E-state index in [0.29, 0.717) is 12.5 Å². The first-order chi connectivity index (χ1) is 9.23. The maximum atomic E-state index is 12.5. The lowest BCUT2D eigenvalue weighted by atomic mass is 10.1. The number of sulfonamides is 1. The summed E-state index contributed by atoms with van der Waals surface area (Å²) in [4.78, 5) is 10.9. The van der Waals surface area contributed by atoms with Gasteiger partial charge in [0.2, 0.25) is 10.0 Å². The van der Waals surface area contributed by atoms with Gasteiger partial charge in [-0.3, -0.25) is 0 Å². The molecular formula is C13H16ClNO4S. The molecule has 1 aromatic rings. The summed E-state index contributed by atoms with van der Waals surface area (Å²) in [6.07, 6.45) is 0.820. The van der Waals surface area contributed by atoms with Gasteiger partial charge in [0, 0.05) is 12.6 Å². The molecule has 1 heterocycles. The molecule has 110 valence electrons. The van der Waals surface area contributed by atoms with Gasteiger partial charge in [-0.2, -0.15) is 4.31 Å². The van der Waals surface area contributed by atoms with Gasteiger partial charge in [-0.15, -0.1) is 0 Å². The highest BCUT2D eigenvalue weighted by Gasteiger charge is 2.36. The monoisotopic (exact) mass is 317 g/mol. The van der Waals surface area contributed by atoms with Crippen LogP contribution >= 0.6 is 11.6 Å². The highest BCUT2D eigenvalue weighted by molar-refractivity contribution is 7.89. The fourth-order valence-electron chi connectivity index (χ4n) is 2.56. The SMILES string of the molecule is CC1CC(C)N(S(=O)(=O)c2ccc(C(=O)O)c(Cl)c2)C1. The third-order valence-corrected chi connectivity index (χ3v) is 5.79. The predicted molar refractivity (Wildman–Crippen MR) is 75.5 cm³/mol. The van der Waals surface area contributed by atoms with E-state index in [-0.39, 0.29) is 21.5 Å². The average molecular weight is 318 g/mol. The Bertz CT molecular complexity index is 644. The number of carbonyl (C=O) groups is 1. The zero-order valence-electron chi connectivity index (χ0n) is 11.2. The molecule has 1 aliphatic rings. The van der Waals surface area contributed by atoms with Gasteiger partial charge in [-0.05, 0) is 37.5 Å². The van der Waals surface area contributed by atoms with Crippen LogP contribution in [-0.2, 0) is 10.0 Å². The molecule has 0 amide bonds. The van der Waals surface area contributed by atoms with Gasteiger partial charge in [0.05, 0.1) is 15.5 Å². The van der Waals surface area contributed by atoms with Crippen LogP contribution in [0.15, 0.2) is 23.1 Å². The van der Waals surface area contributed by atoms with E-state index in [4.69, 9.17) is 16.7 Å². The summed E-state index contributed by atoms with van der Waals surface area (Å²) in [6.45, 7) is 4.35. The van der Waals surface area contributed by atoms with E-state index in [1.165, 1.54) is 22.5 Å². The van der Waals surface area contributed by atoms with E-state index >= 15 is 0 Å². The zero-order valence-corrected chi connectivity index (χ0v) is 12.8. The summed E-state index contributed by atoms with van der Waals surface area (Å²) < 4.78 is 26.5. The number of carboxylic acid groups (broad SMARTS) is 1. The second-order valence-corrected chi connectivity index (χ2v) is 7.51. The Morgan fingerprint density at radius 3 is 2.50 bits per heavy atom. The van der Waals surface area contributed by atoms with Gasteiger partial charge in [0.25, 0.3) is 0 Å². The van der Waals surface area contributed by atoms with Crippen LogP contribution in [0.4, 0.5) is 0 Å². The van der Waals surface area contributed by atoms with Gasteiger partial charge in [-0.1, -0.05) is 18.5 Å². The summed E-state index contributed by atoms with van der Waals surface area (Å²) >= 11 is 5.84. The maximum Gasteiger partial charge on any atom is 0.337 e. The molecule has 0 saturated carbocycles. The lowest BCUT2D eigenvalue weighted by Gasteiger charge is -2.21. The molecule has 0 aromatic heterocycles. The molecule has 2 rings (SSSR count). The highest BCUT2D eigenvalue weighted by atomic mass is 35.5. The topological polar surface area (TPSA) is 74.7 Å². The van der Waals surface area contributed by atoms with Crippen molar-refractivity contribution in [3.05, 3.63) is 28.8 Å². The highest BCUT2D eigenvalue weighted by Crippen LogP contribution is 2.30. The molecule has 5 nitrogen and oxygen atoms in total. The number of aromatic carboxylic acids is 1. The van der Waals surface area contributed by atoms with Crippen molar-refractivity contribution in [2.24, 2.45) is 5.92 Å². The molecular weight excluding hydrogens is 302 g/mol. The number of carboxylic acids is 1. The quantitative estimate of drug-likeness (QED) is 0.929. The van der Waals surface area contributed by atoms with Crippen LogP contribution < -0.4 is 0 Å². The van der Waals surface area contributed by atoms with Gasteiger partial charge < -0.3 is 5.11 Å². The lowest BCUT2D eigenvalue weighted by molar-refractivity contribution is 0.0697. The van der Waals surface area contributed by atoms with Crippen LogP contribution in [0.25, 0.3) is 0 Å². The Morgan fingerprint density at radius 2 is 2.05 bits per heavy atom. The Balaban J connectivity index is 2.40. The predicted octanol–water partition coefficient (Wildman–Crippen LogP) is 2.46. The van der Waals surface area contributed by atoms with Crippen molar-refractivity contribution in [2.75, 3.05) is 6.54 Å². The maximum absolute atomic E-state index is 12.5. The molecule has 1 aliphatic heterocycles. The minimum absolute atomic E-state index is 0.0356. The normalized spacial score (nSPS) is 23.9. The molecule has 2 atom stereocenters. The first-order valence-corrected chi connectivity index (χ1v) is 8.10. The minimum atomic E-state index is -3.63. The zero-order chi connectivity index (χ0) is 15.1. The van der Waals surface area contributed by atoms with Gasteiger partial charge in [0.1, 0.15) is 0 Å². The van der Waals surface area contributed by atoms with E-state index in [0.717, 1.165) is 6.42 Å². The molecule has 0 radical (unpaired) electrons. The van der Waals surface area contributed by atoms with Crippen molar-refractivity contribution >= 4 is 27.6 Å². The van der Waals surface area contributed by atoms with Crippen molar-refractivity contribution < 1.29 is 18.3 Å². The molecule has 2 unspecified atom stereocenters. The van der Waals surface area contributed by atoms with E-state index in [1.54, 1.807) is 0 Å². The number of benzene rings is 1. The van der Waals surface area contributed by atoms with E-state index in [2.05, 4.69) is 0 Å². The fraction of sp³-hybridized carbons (Fsp3) is 0.462. The Hall–Kier alpha value is -1.11. The van der Waals surface area contributed by atoms with Crippen LogP contribution in [0.5, 0.6) is 0 Å². The lowest BCUT2D eigenvalue weighted by Crippen LogP contribution is -2.34. The Kier molecular flexibility index (Phi) is 4.09. The van der Waals surface area contributed by atoms with Crippen LogP contribution in [-0.4, -0.2) is 36.4 Å². The van der Waals surface area contributed by atoms with Gasteiger partial charge in [-0.25, -0.2) is 13.2 Å².